The number of piperazine rings is 1. The SMILES string of the molecule is CCc1nonc1C(=O)N[C@H](C(=O)Nc1ccc([C@H](C)[C@@H](NC(=O)CC2CC2)C(=O)N2CCN(C)CC2)cc1F)C1CCC(C)CC1. The van der Waals surface area contributed by atoms with Crippen LogP contribution in [0.5, 0.6) is 0 Å². The zero-order valence-electron chi connectivity index (χ0n) is 27.9. The van der Waals surface area contributed by atoms with E-state index in [4.69, 9.17) is 4.63 Å². The van der Waals surface area contributed by atoms with Crippen LogP contribution in [-0.2, 0) is 20.8 Å². The molecule has 1 saturated heterocycles. The number of anilines is 1. The Morgan fingerprint density at radius 2 is 1.70 bits per heavy atom. The maximum absolute atomic E-state index is 15.7. The van der Waals surface area contributed by atoms with E-state index in [0.29, 0.717) is 49.0 Å². The predicted molar refractivity (Wildman–Crippen MR) is 173 cm³/mol. The monoisotopic (exact) mass is 653 g/mol. The molecular weight excluding hydrogens is 605 g/mol. The van der Waals surface area contributed by atoms with E-state index < -0.39 is 35.6 Å². The topological polar surface area (TPSA) is 150 Å². The molecule has 47 heavy (non-hydrogen) atoms. The maximum atomic E-state index is 15.7. The maximum Gasteiger partial charge on any atom is 0.276 e. The van der Waals surface area contributed by atoms with Gasteiger partial charge in [0.15, 0.2) is 5.69 Å². The zero-order valence-corrected chi connectivity index (χ0v) is 27.9. The molecule has 0 spiro atoms. The molecule has 4 amide bonds. The van der Waals surface area contributed by atoms with Gasteiger partial charge in [-0.1, -0.05) is 44.8 Å². The number of aryl methyl sites for hydroxylation is 1. The average Bonchev–Trinajstić information content (AvgIpc) is 3.74. The highest BCUT2D eigenvalue weighted by molar-refractivity contribution is 6.01. The minimum absolute atomic E-state index is 0.0314. The Balaban J connectivity index is 1.31. The summed E-state index contributed by atoms with van der Waals surface area (Å²) in [7, 11) is 2.00. The first-order valence-corrected chi connectivity index (χ1v) is 17.0. The van der Waals surface area contributed by atoms with E-state index in [1.54, 1.807) is 11.0 Å². The second kappa shape index (κ2) is 15.4. The van der Waals surface area contributed by atoms with Crippen molar-refractivity contribution in [3.63, 3.8) is 0 Å². The van der Waals surface area contributed by atoms with Gasteiger partial charge >= 0.3 is 0 Å². The van der Waals surface area contributed by atoms with E-state index in [1.807, 2.05) is 20.9 Å². The van der Waals surface area contributed by atoms with Crippen LogP contribution in [0.3, 0.4) is 0 Å². The Kier molecular flexibility index (Phi) is 11.3. The van der Waals surface area contributed by atoms with Gasteiger partial charge in [-0.15, -0.1) is 0 Å². The van der Waals surface area contributed by atoms with Crippen LogP contribution in [0, 0.1) is 23.6 Å². The molecule has 0 unspecified atom stereocenters. The summed E-state index contributed by atoms with van der Waals surface area (Å²) in [6.07, 6.45) is 6.16. The molecule has 1 aromatic heterocycles. The van der Waals surface area contributed by atoms with Gasteiger partial charge in [-0.25, -0.2) is 9.02 Å². The van der Waals surface area contributed by atoms with Crippen LogP contribution < -0.4 is 16.0 Å². The first-order chi connectivity index (χ1) is 22.5. The number of hydrogen-bond acceptors (Lipinski definition) is 8. The normalized spacial score (nSPS) is 22.2. The number of rotatable bonds is 12. The van der Waals surface area contributed by atoms with Gasteiger partial charge in [0.05, 0.1) is 5.69 Å². The fourth-order valence-corrected chi connectivity index (χ4v) is 6.60. The molecule has 3 aliphatic rings. The van der Waals surface area contributed by atoms with Crippen LogP contribution in [0.2, 0.25) is 0 Å². The fourth-order valence-electron chi connectivity index (χ4n) is 6.60. The number of amides is 4. The number of carbonyl (C=O) groups excluding carboxylic acids is 4. The van der Waals surface area contributed by atoms with Crippen LogP contribution in [0.1, 0.15) is 93.4 Å². The molecular formula is C34H48FN7O5. The smallest absolute Gasteiger partial charge is 0.276 e. The Morgan fingerprint density at radius 1 is 1.00 bits per heavy atom. The van der Waals surface area contributed by atoms with Crippen molar-refractivity contribution in [1.82, 2.24) is 30.7 Å². The standard InChI is InChI=1S/C34H48FN7O5/c1-5-26-31(40-47-39-26)33(45)38-30(23-10-6-20(2)7-11-23)32(44)36-27-13-12-24(19-25(27)35)21(3)29(37-28(43)18-22-8-9-22)34(46)42-16-14-41(4)15-17-42/h12-13,19-23,29-30H,5-11,14-18H2,1-4H3,(H,36,44)(H,37,43)(H,38,45)/t20?,21-,23?,29+,30-/m0/s1. The average molecular weight is 654 g/mol. The Labute approximate surface area is 275 Å². The van der Waals surface area contributed by atoms with Crippen molar-refractivity contribution in [2.45, 2.75) is 90.1 Å². The lowest BCUT2D eigenvalue weighted by atomic mass is 9.79. The molecule has 13 heteroatoms. The molecule has 12 nitrogen and oxygen atoms in total. The minimum atomic E-state index is -0.915. The van der Waals surface area contributed by atoms with E-state index in [-0.39, 0.29) is 29.1 Å². The molecule has 0 bridgehead atoms. The fraction of sp³-hybridized carbons (Fsp3) is 0.647. The largest absolute Gasteiger partial charge is 0.344 e. The summed E-state index contributed by atoms with van der Waals surface area (Å²) in [4.78, 5) is 57.3. The Morgan fingerprint density at radius 3 is 2.34 bits per heavy atom. The third kappa shape index (κ3) is 8.74. The van der Waals surface area contributed by atoms with E-state index in [1.165, 1.54) is 12.1 Å². The van der Waals surface area contributed by atoms with Crippen molar-refractivity contribution in [2.75, 3.05) is 38.5 Å². The summed E-state index contributed by atoms with van der Waals surface area (Å²) in [6.45, 7) is 8.38. The van der Waals surface area contributed by atoms with Crippen LogP contribution in [0.15, 0.2) is 22.8 Å². The van der Waals surface area contributed by atoms with E-state index in [9.17, 15) is 19.2 Å². The first-order valence-electron chi connectivity index (χ1n) is 17.0. The molecule has 2 aliphatic carbocycles. The highest BCUT2D eigenvalue weighted by atomic mass is 19.1. The summed E-state index contributed by atoms with van der Waals surface area (Å²) < 4.78 is 20.4. The number of hydrogen-bond donors (Lipinski definition) is 3. The Bertz CT molecular complexity index is 1430. The first kappa shape index (κ1) is 34.5. The van der Waals surface area contributed by atoms with Crippen LogP contribution in [-0.4, -0.2) is 89.1 Å². The van der Waals surface area contributed by atoms with Crippen molar-refractivity contribution in [1.29, 1.82) is 0 Å². The summed E-state index contributed by atoms with van der Waals surface area (Å²) in [5, 5.41) is 16.0. The highest BCUT2D eigenvalue weighted by Crippen LogP contribution is 2.33. The van der Waals surface area contributed by atoms with Crippen molar-refractivity contribution >= 4 is 29.3 Å². The summed E-state index contributed by atoms with van der Waals surface area (Å²) >= 11 is 0. The summed E-state index contributed by atoms with van der Waals surface area (Å²) in [6, 6.07) is 2.69. The molecule has 2 aromatic rings. The lowest BCUT2D eigenvalue weighted by Crippen LogP contribution is -2.55. The predicted octanol–water partition coefficient (Wildman–Crippen LogP) is 3.50. The van der Waals surface area contributed by atoms with Gasteiger partial charge in [0.2, 0.25) is 17.7 Å². The highest BCUT2D eigenvalue weighted by Gasteiger charge is 2.36. The van der Waals surface area contributed by atoms with Crippen molar-refractivity contribution in [2.24, 2.45) is 17.8 Å². The molecule has 1 aliphatic heterocycles. The lowest BCUT2D eigenvalue weighted by molar-refractivity contribution is -0.138. The van der Waals surface area contributed by atoms with Crippen molar-refractivity contribution in [3.05, 3.63) is 41.0 Å². The van der Waals surface area contributed by atoms with Crippen LogP contribution in [0.4, 0.5) is 10.1 Å². The number of benzene rings is 1. The van der Waals surface area contributed by atoms with Crippen LogP contribution in [0.25, 0.3) is 0 Å². The number of aromatic nitrogens is 2. The van der Waals surface area contributed by atoms with Crippen molar-refractivity contribution in [3.8, 4) is 0 Å². The van der Waals surface area contributed by atoms with E-state index in [2.05, 4.69) is 38.1 Å². The molecule has 0 radical (unpaired) electrons. The summed E-state index contributed by atoms with van der Waals surface area (Å²) in [5.41, 5.74) is 0.912. The number of likely N-dealkylation sites (N-methyl/N-ethyl adjacent to an activating group) is 1. The number of halogens is 1. The van der Waals surface area contributed by atoms with Gasteiger partial charge in [-0.2, -0.15) is 0 Å². The second-order valence-electron chi connectivity index (χ2n) is 13.7. The van der Waals surface area contributed by atoms with Gasteiger partial charge in [0.25, 0.3) is 5.91 Å². The molecule has 3 atom stereocenters. The molecule has 5 rings (SSSR count). The van der Waals surface area contributed by atoms with Gasteiger partial charge in [-0.05, 0) is 79.8 Å². The van der Waals surface area contributed by atoms with Crippen molar-refractivity contribution < 1.29 is 28.2 Å². The molecule has 3 N–H and O–H groups in total. The third-order valence-corrected chi connectivity index (χ3v) is 10.1. The molecule has 2 saturated carbocycles. The third-order valence-electron chi connectivity index (χ3n) is 10.1. The van der Waals surface area contributed by atoms with Gasteiger partial charge < -0.3 is 25.8 Å². The number of nitrogens with zero attached hydrogens (tertiary/aromatic N) is 4. The Hall–Kier alpha value is -3.87. The van der Waals surface area contributed by atoms with Crippen LogP contribution >= 0.6 is 0 Å². The second-order valence-corrected chi connectivity index (χ2v) is 13.7. The van der Waals surface area contributed by atoms with E-state index in [0.717, 1.165) is 51.6 Å². The molecule has 2 heterocycles. The molecule has 1 aromatic carbocycles. The molecule has 256 valence electrons. The van der Waals surface area contributed by atoms with E-state index >= 15 is 4.39 Å². The van der Waals surface area contributed by atoms with Gasteiger partial charge in [0, 0.05) is 38.5 Å². The lowest BCUT2D eigenvalue weighted by Gasteiger charge is -2.36. The number of carbonyl (C=O) groups is 4. The summed E-state index contributed by atoms with van der Waals surface area (Å²) in [5.74, 6) is -1.89. The zero-order chi connectivity index (χ0) is 33.7. The minimum Gasteiger partial charge on any atom is -0.344 e. The number of nitrogens with one attached hydrogen (secondary N) is 3. The van der Waals surface area contributed by atoms with Gasteiger partial charge in [0.1, 0.15) is 23.6 Å². The van der Waals surface area contributed by atoms with Gasteiger partial charge in [-0.3, -0.25) is 19.2 Å². The quantitative estimate of drug-likeness (QED) is 0.315. The molecule has 3 fully saturated rings.